The lowest BCUT2D eigenvalue weighted by atomic mass is 9.71. The van der Waals surface area contributed by atoms with Crippen LogP contribution < -0.4 is 10.1 Å². The zero-order valence-electron chi connectivity index (χ0n) is 20.6. The van der Waals surface area contributed by atoms with E-state index in [1.54, 1.807) is 23.9 Å². The number of carbonyl (C=O) groups is 2. The van der Waals surface area contributed by atoms with Gasteiger partial charge in [-0.3, -0.25) is 4.79 Å². The normalized spacial score (nSPS) is 19.6. The van der Waals surface area contributed by atoms with Crippen LogP contribution in [0.1, 0.15) is 49.7 Å². The number of benzene rings is 2. The van der Waals surface area contributed by atoms with Gasteiger partial charge in [0.1, 0.15) is 6.61 Å². The number of Topliss-reactive ketones (excluding diaryl/α,β-unsaturated/α-hetero) is 1. The smallest absolute Gasteiger partial charge is 0.336 e. The number of allylic oxidation sites excluding steroid dienone is 3. The number of thioether (sulfide) groups is 1. The van der Waals surface area contributed by atoms with Crippen molar-refractivity contribution in [3.63, 3.8) is 0 Å². The fourth-order valence-corrected chi connectivity index (χ4v) is 5.74. The first-order valence-electron chi connectivity index (χ1n) is 12.0. The molecule has 1 aliphatic heterocycles. The average Bonchev–Trinajstić information content (AvgIpc) is 2.86. The number of methoxy groups -OCH3 is 1. The molecule has 0 unspecified atom stereocenters. The van der Waals surface area contributed by atoms with Gasteiger partial charge < -0.3 is 19.9 Å². The van der Waals surface area contributed by atoms with Crippen LogP contribution in [0.4, 0.5) is 0 Å². The van der Waals surface area contributed by atoms with Gasteiger partial charge >= 0.3 is 5.97 Å². The first-order chi connectivity index (χ1) is 17.3. The summed E-state index contributed by atoms with van der Waals surface area (Å²) in [7, 11) is 1.47. The van der Waals surface area contributed by atoms with E-state index in [4.69, 9.17) is 21.1 Å². The molecule has 0 radical (unpaired) electrons. The number of hydrogen-bond donors (Lipinski definition) is 2. The lowest BCUT2D eigenvalue weighted by Gasteiger charge is -2.37. The van der Waals surface area contributed by atoms with Gasteiger partial charge in [-0.25, -0.2) is 4.79 Å². The molecule has 0 fully saturated rings. The SMILES string of the molecule is CCSCCOC(=O)C1=C(C)NC2=C(C(=O)C[C@@H](c3ccccc3Cl)C2)[C@H]1c1ccc(O)c(OC)c1. The van der Waals surface area contributed by atoms with Gasteiger partial charge in [0, 0.05) is 40.1 Å². The van der Waals surface area contributed by atoms with E-state index in [1.165, 1.54) is 13.2 Å². The van der Waals surface area contributed by atoms with Gasteiger partial charge in [0.2, 0.25) is 0 Å². The molecule has 1 aliphatic carbocycles. The summed E-state index contributed by atoms with van der Waals surface area (Å²) in [4.78, 5) is 27.0. The Morgan fingerprint density at radius 1 is 1.22 bits per heavy atom. The maximum atomic E-state index is 13.7. The Kier molecular flexibility index (Phi) is 8.32. The number of hydrogen-bond acceptors (Lipinski definition) is 7. The Balaban J connectivity index is 1.76. The van der Waals surface area contributed by atoms with Crippen molar-refractivity contribution in [1.82, 2.24) is 5.32 Å². The van der Waals surface area contributed by atoms with Crippen LogP contribution in [0.15, 0.2) is 65.0 Å². The highest BCUT2D eigenvalue weighted by molar-refractivity contribution is 7.99. The van der Waals surface area contributed by atoms with Crippen molar-refractivity contribution in [2.24, 2.45) is 0 Å². The van der Waals surface area contributed by atoms with E-state index in [0.29, 0.717) is 39.6 Å². The highest BCUT2D eigenvalue weighted by Crippen LogP contribution is 2.47. The standard InChI is InChI=1S/C28H30ClNO5S/c1-4-36-12-11-35-28(33)25-16(2)30-21-13-18(19-7-5-6-8-20(19)29)14-23(32)27(21)26(25)17-9-10-22(31)24(15-17)34-3/h5-10,15,18,26,30-31H,4,11-14H2,1-3H3/t18-,26-/m0/s1. The van der Waals surface area contributed by atoms with Crippen molar-refractivity contribution < 1.29 is 24.2 Å². The summed E-state index contributed by atoms with van der Waals surface area (Å²) in [6.07, 6.45) is 0.869. The summed E-state index contributed by atoms with van der Waals surface area (Å²) in [5.41, 5.74) is 3.98. The number of phenolic OH excluding ortho intramolecular Hbond substituents is 1. The van der Waals surface area contributed by atoms with Crippen molar-refractivity contribution >= 4 is 35.1 Å². The second-order valence-corrected chi connectivity index (χ2v) is 10.6. The molecule has 2 aromatic carbocycles. The molecule has 1 heterocycles. The van der Waals surface area contributed by atoms with Crippen LogP contribution in [0.25, 0.3) is 0 Å². The average molecular weight is 528 g/mol. The Morgan fingerprint density at radius 3 is 2.72 bits per heavy atom. The highest BCUT2D eigenvalue weighted by atomic mass is 35.5. The van der Waals surface area contributed by atoms with Gasteiger partial charge in [-0.2, -0.15) is 11.8 Å². The minimum atomic E-state index is -0.637. The largest absolute Gasteiger partial charge is 0.504 e. The summed E-state index contributed by atoms with van der Waals surface area (Å²) < 4.78 is 10.9. The summed E-state index contributed by atoms with van der Waals surface area (Å²) >= 11 is 8.15. The predicted octanol–water partition coefficient (Wildman–Crippen LogP) is 5.71. The van der Waals surface area contributed by atoms with Crippen molar-refractivity contribution in [3.05, 3.63) is 81.2 Å². The van der Waals surface area contributed by atoms with Crippen molar-refractivity contribution in [3.8, 4) is 11.5 Å². The number of halogens is 1. The second kappa shape index (κ2) is 11.4. The molecule has 6 nitrogen and oxygen atoms in total. The molecule has 2 N–H and O–H groups in total. The van der Waals surface area contributed by atoms with Gasteiger partial charge in [0.25, 0.3) is 0 Å². The summed E-state index contributed by atoms with van der Waals surface area (Å²) in [6, 6.07) is 12.5. The van der Waals surface area contributed by atoms with E-state index >= 15 is 0 Å². The minimum absolute atomic E-state index is 0.0143. The van der Waals surface area contributed by atoms with Gasteiger partial charge in [-0.15, -0.1) is 0 Å². The molecule has 0 saturated heterocycles. The zero-order chi connectivity index (χ0) is 25.8. The summed E-state index contributed by atoms with van der Waals surface area (Å²) in [5.74, 6) is 0.683. The van der Waals surface area contributed by atoms with Gasteiger partial charge in [0.05, 0.1) is 12.7 Å². The molecule has 4 rings (SSSR count). The Labute approximate surface area is 220 Å². The van der Waals surface area contributed by atoms with Crippen molar-refractivity contribution in [2.45, 2.75) is 38.5 Å². The van der Waals surface area contributed by atoms with Crippen LogP contribution in [0.2, 0.25) is 5.02 Å². The third kappa shape index (κ3) is 5.27. The number of carbonyl (C=O) groups excluding carboxylic acids is 2. The molecule has 2 aliphatic rings. The molecule has 0 aromatic heterocycles. The molecule has 0 saturated carbocycles. The molecule has 190 valence electrons. The molecule has 0 spiro atoms. The van der Waals surface area contributed by atoms with Gasteiger partial charge in [-0.1, -0.05) is 42.8 Å². The number of esters is 1. The quantitative estimate of drug-likeness (QED) is 0.336. The van der Waals surface area contributed by atoms with Gasteiger partial charge in [0.15, 0.2) is 17.3 Å². The van der Waals surface area contributed by atoms with Crippen molar-refractivity contribution in [2.75, 3.05) is 25.2 Å². The number of phenols is 1. The number of aromatic hydroxyl groups is 1. The monoisotopic (exact) mass is 527 g/mol. The van der Waals surface area contributed by atoms with Crippen LogP contribution in [0, 0.1) is 0 Å². The first kappa shape index (κ1) is 26.2. The van der Waals surface area contributed by atoms with E-state index in [1.807, 2.05) is 31.2 Å². The molecular weight excluding hydrogens is 498 g/mol. The Morgan fingerprint density at radius 2 is 2.00 bits per heavy atom. The first-order valence-corrected chi connectivity index (χ1v) is 13.5. The van der Waals surface area contributed by atoms with Crippen LogP contribution in [0.3, 0.4) is 0 Å². The van der Waals surface area contributed by atoms with Crippen LogP contribution in [-0.4, -0.2) is 42.1 Å². The van der Waals surface area contributed by atoms with E-state index in [-0.39, 0.29) is 36.2 Å². The zero-order valence-corrected chi connectivity index (χ0v) is 22.2. The lowest BCUT2D eigenvalue weighted by Crippen LogP contribution is -2.36. The van der Waals surface area contributed by atoms with E-state index < -0.39 is 11.9 Å². The Hall–Kier alpha value is -2.90. The molecule has 2 atom stereocenters. The van der Waals surface area contributed by atoms with E-state index in [9.17, 15) is 14.7 Å². The third-order valence-corrected chi connectivity index (χ3v) is 7.80. The number of rotatable bonds is 8. The lowest BCUT2D eigenvalue weighted by molar-refractivity contribution is -0.138. The number of dihydropyridines is 1. The van der Waals surface area contributed by atoms with Crippen LogP contribution in [0.5, 0.6) is 11.5 Å². The fraction of sp³-hybridized carbons (Fsp3) is 0.357. The number of nitrogens with one attached hydrogen (secondary N) is 1. The third-order valence-electron chi connectivity index (χ3n) is 6.59. The van der Waals surface area contributed by atoms with Crippen molar-refractivity contribution in [1.29, 1.82) is 0 Å². The molecule has 0 bridgehead atoms. The molecular formula is C28H30ClNO5S. The van der Waals surface area contributed by atoms with Crippen LogP contribution >= 0.6 is 23.4 Å². The predicted molar refractivity (Wildman–Crippen MR) is 143 cm³/mol. The fourth-order valence-electron chi connectivity index (χ4n) is 4.96. The summed E-state index contributed by atoms with van der Waals surface area (Å²) in [5, 5.41) is 14.1. The Bertz CT molecular complexity index is 1240. The van der Waals surface area contributed by atoms with E-state index in [2.05, 4.69) is 12.2 Å². The van der Waals surface area contributed by atoms with E-state index in [0.717, 1.165) is 17.0 Å². The van der Waals surface area contributed by atoms with Crippen LogP contribution in [-0.2, 0) is 14.3 Å². The minimum Gasteiger partial charge on any atom is -0.504 e. The molecule has 8 heteroatoms. The molecule has 36 heavy (non-hydrogen) atoms. The number of ketones is 1. The summed E-state index contributed by atoms with van der Waals surface area (Å²) in [6.45, 7) is 4.17. The van der Waals surface area contributed by atoms with Gasteiger partial charge in [-0.05, 0) is 54.3 Å². The maximum absolute atomic E-state index is 13.7. The molecule has 0 amide bonds. The highest BCUT2D eigenvalue weighted by Gasteiger charge is 2.42. The number of ether oxygens (including phenoxy) is 2. The molecule has 2 aromatic rings. The topological polar surface area (TPSA) is 84.9 Å². The second-order valence-electron chi connectivity index (χ2n) is 8.80. The maximum Gasteiger partial charge on any atom is 0.336 e.